The molecule has 0 spiro atoms. The van der Waals surface area contributed by atoms with E-state index in [4.69, 9.17) is 30.0 Å². The molecular formula is C20H27BN9O10P. The normalized spacial score (nSPS) is 27.7. The number of nitrogens with zero attached hydrogens (tertiary/aromatic N) is 6. The van der Waals surface area contributed by atoms with E-state index in [2.05, 4.69) is 20.9 Å². The Kier molecular flexibility index (Phi) is 7.96. The Morgan fingerprint density at radius 2 is 1.98 bits per heavy atom. The van der Waals surface area contributed by atoms with Crippen LogP contribution in [0, 0.1) is 11.2 Å². The minimum atomic E-state index is -4.79. The number of aromatic nitrogens is 6. The summed E-state index contributed by atoms with van der Waals surface area (Å²) in [6.45, 7) is -1.14. The number of nitrogens with one attached hydrogen (secondary N) is 1. The van der Waals surface area contributed by atoms with Gasteiger partial charge in [-0.3, -0.25) is 23.4 Å². The van der Waals surface area contributed by atoms with Crippen LogP contribution in [0.5, 0.6) is 0 Å². The number of phosphoric ester groups is 1. The van der Waals surface area contributed by atoms with Crippen LogP contribution < -0.4 is 27.2 Å². The largest absolute Gasteiger partial charge is 0.472 e. The number of rotatable bonds is 9. The van der Waals surface area contributed by atoms with E-state index in [1.807, 2.05) is 0 Å². The topological polar surface area (TPSA) is 280 Å². The quantitative estimate of drug-likeness (QED) is 0.102. The lowest BCUT2D eigenvalue weighted by Crippen LogP contribution is -2.41. The lowest BCUT2D eigenvalue weighted by Gasteiger charge is -2.21. The number of nitrogens with two attached hydrogens (primary N) is 2. The van der Waals surface area contributed by atoms with Gasteiger partial charge in [0.25, 0.3) is 18.6 Å². The molecule has 0 saturated carbocycles. The number of hydrogen-bond acceptors (Lipinski definition) is 14. The number of H-pyrrole nitrogens is 1. The number of aliphatic hydroxyl groups is 2. The SMILES string of the molecule is N#C[BH2-][n+]1cn(C2CC(OP(=O)(O)OCC3OC(n4ccc(N)nc4=O)CC3O)C(CO)O2)c2nc(N)[nH]c(=O)c21. The fourth-order valence-corrected chi connectivity index (χ4v) is 5.91. The molecule has 0 radical (unpaired) electrons. The van der Waals surface area contributed by atoms with E-state index < -0.39 is 76.6 Å². The minimum Gasteiger partial charge on any atom is -0.414 e. The van der Waals surface area contributed by atoms with Crippen molar-refractivity contribution in [2.24, 2.45) is 0 Å². The first kappa shape index (κ1) is 28.8. The number of aromatic amines is 1. The molecule has 0 aromatic carbocycles. The van der Waals surface area contributed by atoms with Crippen molar-refractivity contribution < 1.29 is 42.7 Å². The van der Waals surface area contributed by atoms with Gasteiger partial charge in [-0.05, 0) is 6.07 Å². The van der Waals surface area contributed by atoms with Crippen molar-refractivity contribution in [3.05, 3.63) is 39.4 Å². The van der Waals surface area contributed by atoms with Gasteiger partial charge in [-0.15, -0.1) is 5.97 Å². The van der Waals surface area contributed by atoms with Gasteiger partial charge in [0.2, 0.25) is 24.0 Å². The maximum absolute atomic E-state index is 12.8. The molecule has 0 aliphatic carbocycles. The highest BCUT2D eigenvalue weighted by atomic mass is 31.2. The minimum absolute atomic E-state index is 0.0125. The van der Waals surface area contributed by atoms with Crippen molar-refractivity contribution in [2.75, 3.05) is 24.7 Å². The molecule has 7 unspecified atom stereocenters. The third-order valence-electron chi connectivity index (χ3n) is 6.84. The number of imidazole rings is 1. The number of phosphoric acid groups is 1. The van der Waals surface area contributed by atoms with Crippen LogP contribution in [0.15, 0.2) is 28.2 Å². The second-order valence-electron chi connectivity index (χ2n) is 9.63. The van der Waals surface area contributed by atoms with E-state index in [-0.39, 0.29) is 35.8 Å². The molecule has 19 nitrogen and oxygen atoms in total. The Hall–Kier alpha value is -3.67. The number of nitrogen functional groups attached to an aromatic ring is 2. The number of aliphatic hydroxyl groups excluding tert-OH is 2. The van der Waals surface area contributed by atoms with Gasteiger partial charge in [0, 0.05) is 19.0 Å². The molecular weight excluding hydrogens is 568 g/mol. The standard InChI is InChI=1S/C20H27BN9O10P/c22-7-21-30-8-29(17-16(30)18(33)27-19(24)26-17)15-4-10(11(5-31)38-15)40-41(35,36)37-6-12-9(32)3-14(39-12)28-2-1-13(23)25-20(28)34/h1-2,8-12,14-15,31-32H,3-6,21H2,(H,35,36)(H2,23,25,34)(H3,24,26,27,33). The van der Waals surface area contributed by atoms with Gasteiger partial charge in [-0.1, -0.05) is 0 Å². The summed E-state index contributed by atoms with van der Waals surface area (Å²) in [5.74, 6) is 1.91. The molecule has 5 rings (SSSR count). The Balaban J connectivity index is 1.27. The number of fused-ring (bicyclic) bond motifs is 1. The second-order valence-corrected chi connectivity index (χ2v) is 11.0. The van der Waals surface area contributed by atoms with Crippen LogP contribution in [-0.2, 0) is 23.1 Å². The Bertz CT molecular complexity index is 1660. The highest BCUT2D eigenvalue weighted by Gasteiger charge is 2.45. The first-order chi connectivity index (χ1) is 19.5. The van der Waals surface area contributed by atoms with Crippen molar-refractivity contribution in [2.45, 2.75) is 49.7 Å². The van der Waals surface area contributed by atoms with E-state index in [0.717, 1.165) is 4.57 Å². The molecule has 5 heterocycles. The fourth-order valence-electron chi connectivity index (χ4n) is 4.95. The van der Waals surface area contributed by atoms with E-state index in [0.29, 0.717) is 0 Å². The summed E-state index contributed by atoms with van der Waals surface area (Å²) in [4.78, 5) is 45.1. The predicted molar refractivity (Wildman–Crippen MR) is 138 cm³/mol. The number of anilines is 2. The molecule has 41 heavy (non-hydrogen) atoms. The predicted octanol–water partition coefficient (Wildman–Crippen LogP) is -3.72. The van der Waals surface area contributed by atoms with Crippen LogP contribution in [0.25, 0.3) is 11.2 Å². The number of hydrogen-bond donors (Lipinski definition) is 6. The highest BCUT2D eigenvalue weighted by molar-refractivity contribution is 7.47. The second kappa shape index (κ2) is 11.3. The summed E-state index contributed by atoms with van der Waals surface area (Å²) in [6.07, 6.45) is -3.49. The van der Waals surface area contributed by atoms with Crippen molar-refractivity contribution in [1.29, 1.82) is 5.26 Å². The van der Waals surface area contributed by atoms with Gasteiger partial charge in [-0.25, -0.2) is 14.6 Å². The van der Waals surface area contributed by atoms with Crippen molar-refractivity contribution in [1.82, 2.24) is 24.1 Å². The molecule has 3 aromatic rings. The molecule has 2 aliphatic heterocycles. The Labute approximate surface area is 230 Å². The summed E-state index contributed by atoms with van der Waals surface area (Å²) >= 11 is 0. The van der Waals surface area contributed by atoms with Gasteiger partial charge in [0.1, 0.15) is 30.4 Å². The molecule has 2 saturated heterocycles. The third kappa shape index (κ3) is 5.88. The van der Waals surface area contributed by atoms with Crippen LogP contribution >= 0.6 is 7.82 Å². The Morgan fingerprint density at radius 1 is 1.24 bits per heavy atom. The molecule has 2 fully saturated rings. The third-order valence-corrected chi connectivity index (χ3v) is 7.85. The van der Waals surface area contributed by atoms with E-state index >= 15 is 0 Å². The smallest absolute Gasteiger partial charge is 0.414 e. The van der Waals surface area contributed by atoms with Crippen LogP contribution in [0.1, 0.15) is 25.3 Å². The first-order valence-corrected chi connectivity index (χ1v) is 14.0. The first-order valence-electron chi connectivity index (χ1n) is 12.5. The molecule has 3 aromatic heterocycles. The van der Waals surface area contributed by atoms with E-state index in [1.54, 1.807) is 0 Å². The van der Waals surface area contributed by atoms with E-state index in [1.165, 1.54) is 27.6 Å². The summed E-state index contributed by atoms with van der Waals surface area (Å²) in [6, 6.07) is 1.38. The fraction of sp³-hybridized carbons (Fsp3) is 0.500. The lowest BCUT2D eigenvalue weighted by molar-refractivity contribution is -0.499. The van der Waals surface area contributed by atoms with Crippen molar-refractivity contribution >= 4 is 38.2 Å². The van der Waals surface area contributed by atoms with Crippen molar-refractivity contribution in [3.8, 4) is 5.97 Å². The van der Waals surface area contributed by atoms with Gasteiger partial charge in [0.15, 0.2) is 0 Å². The van der Waals surface area contributed by atoms with Gasteiger partial charge < -0.3 is 40.5 Å². The average molecular weight is 595 g/mol. The maximum Gasteiger partial charge on any atom is 0.472 e. The van der Waals surface area contributed by atoms with Crippen LogP contribution in [0.4, 0.5) is 11.8 Å². The number of ether oxygens (including phenoxy) is 2. The maximum atomic E-state index is 12.8. The Morgan fingerprint density at radius 3 is 2.68 bits per heavy atom. The summed E-state index contributed by atoms with van der Waals surface area (Å²) in [5.41, 5.74) is 10.2. The van der Waals surface area contributed by atoms with E-state index in [9.17, 15) is 34.5 Å². The number of nitriles is 1. The van der Waals surface area contributed by atoms with Gasteiger partial charge >= 0.3 is 13.5 Å². The van der Waals surface area contributed by atoms with Gasteiger partial charge in [0.05, 0.1) is 19.3 Å². The molecule has 0 amide bonds. The average Bonchev–Trinajstić information content (AvgIpc) is 3.57. The summed E-state index contributed by atoms with van der Waals surface area (Å²) in [7, 11) is -6.22. The lowest BCUT2D eigenvalue weighted by atomic mass is 9.98. The van der Waals surface area contributed by atoms with Gasteiger partial charge in [-0.2, -0.15) is 14.5 Å². The summed E-state index contributed by atoms with van der Waals surface area (Å²) < 4.78 is 38.7. The molecule has 2 aliphatic rings. The molecule has 7 atom stereocenters. The zero-order valence-corrected chi connectivity index (χ0v) is 22.4. The van der Waals surface area contributed by atoms with Crippen LogP contribution in [0.3, 0.4) is 0 Å². The zero-order chi connectivity index (χ0) is 29.5. The summed E-state index contributed by atoms with van der Waals surface area (Å²) in [5, 5.41) is 29.4. The highest BCUT2D eigenvalue weighted by Crippen LogP contribution is 2.49. The molecule has 21 heteroatoms. The van der Waals surface area contributed by atoms with Crippen LogP contribution in [0.2, 0.25) is 0 Å². The van der Waals surface area contributed by atoms with Crippen LogP contribution in [-0.4, -0.2) is 84.2 Å². The monoisotopic (exact) mass is 595 g/mol. The zero-order valence-electron chi connectivity index (χ0n) is 21.5. The molecule has 0 bridgehead atoms. The van der Waals surface area contributed by atoms with Crippen molar-refractivity contribution in [3.63, 3.8) is 0 Å². The molecule has 220 valence electrons. The molecule has 8 N–H and O–H groups in total.